The number of pyridine rings is 1. The Kier molecular flexibility index (Phi) is 3.72. The minimum atomic E-state index is -0.347. The van der Waals surface area contributed by atoms with Crippen LogP contribution < -0.4 is 5.73 Å². The van der Waals surface area contributed by atoms with E-state index < -0.39 is 0 Å². The Morgan fingerprint density at radius 2 is 2.22 bits per heavy atom. The van der Waals surface area contributed by atoms with Crippen molar-refractivity contribution in [3.8, 4) is 0 Å². The summed E-state index contributed by atoms with van der Waals surface area (Å²) >= 11 is 0. The molecule has 0 saturated heterocycles. The van der Waals surface area contributed by atoms with E-state index in [-0.39, 0.29) is 11.9 Å². The second kappa shape index (κ2) is 5.27. The lowest BCUT2D eigenvalue weighted by Crippen LogP contribution is -2.16. The van der Waals surface area contributed by atoms with Crippen molar-refractivity contribution in [2.75, 3.05) is 0 Å². The fourth-order valence-corrected chi connectivity index (χ4v) is 1.87. The summed E-state index contributed by atoms with van der Waals surface area (Å²) in [6.45, 7) is 2.06. The fourth-order valence-electron chi connectivity index (χ4n) is 1.87. The lowest BCUT2D eigenvalue weighted by molar-refractivity contribution is 0.602. The van der Waals surface area contributed by atoms with Gasteiger partial charge in [0.25, 0.3) is 0 Å². The van der Waals surface area contributed by atoms with Gasteiger partial charge in [0.1, 0.15) is 5.82 Å². The molecule has 1 unspecified atom stereocenters. The van der Waals surface area contributed by atoms with Crippen molar-refractivity contribution in [1.29, 1.82) is 0 Å². The van der Waals surface area contributed by atoms with E-state index in [1.807, 2.05) is 17.8 Å². The van der Waals surface area contributed by atoms with Gasteiger partial charge in [-0.25, -0.2) is 4.39 Å². The van der Waals surface area contributed by atoms with Gasteiger partial charge in [-0.15, -0.1) is 0 Å². The van der Waals surface area contributed by atoms with E-state index in [1.54, 1.807) is 6.07 Å². The molecule has 0 bridgehead atoms. The van der Waals surface area contributed by atoms with Gasteiger partial charge >= 0.3 is 0 Å². The van der Waals surface area contributed by atoms with Gasteiger partial charge in [-0.05, 0) is 24.6 Å². The number of halogens is 1. The highest BCUT2D eigenvalue weighted by atomic mass is 19.1. The maximum absolute atomic E-state index is 12.8. The molecule has 0 saturated carbocycles. The van der Waals surface area contributed by atoms with Gasteiger partial charge in [0.05, 0.1) is 23.6 Å². The van der Waals surface area contributed by atoms with Gasteiger partial charge in [0, 0.05) is 19.2 Å². The summed E-state index contributed by atoms with van der Waals surface area (Å²) in [7, 11) is 1.90. The van der Waals surface area contributed by atoms with Gasteiger partial charge in [-0.2, -0.15) is 5.10 Å². The number of nitrogens with two attached hydrogens (primary N) is 1. The number of hydrogen-bond donors (Lipinski definition) is 1. The zero-order valence-corrected chi connectivity index (χ0v) is 10.6. The van der Waals surface area contributed by atoms with Crippen LogP contribution in [0.2, 0.25) is 0 Å². The Morgan fingerprint density at radius 1 is 1.44 bits per heavy atom. The first-order valence-electron chi connectivity index (χ1n) is 5.99. The van der Waals surface area contributed by atoms with E-state index >= 15 is 0 Å². The van der Waals surface area contributed by atoms with Crippen LogP contribution in [0.1, 0.15) is 30.0 Å². The molecular formula is C13H17FN4. The molecule has 0 radical (unpaired) electrons. The molecule has 0 aliphatic carbocycles. The average molecular weight is 248 g/mol. The molecule has 0 spiro atoms. The van der Waals surface area contributed by atoms with Crippen molar-refractivity contribution >= 4 is 0 Å². The molecule has 2 N–H and O–H groups in total. The predicted octanol–water partition coefficient (Wildman–Crippen LogP) is 1.76. The summed E-state index contributed by atoms with van der Waals surface area (Å²) in [5.74, 6) is -0.347. The topological polar surface area (TPSA) is 56.7 Å². The Bertz CT molecular complexity index is 518. The van der Waals surface area contributed by atoms with Crippen LogP contribution in [-0.2, 0) is 19.9 Å². The number of aryl methyl sites for hydroxylation is 2. The van der Waals surface area contributed by atoms with Gasteiger partial charge in [-0.1, -0.05) is 6.92 Å². The van der Waals surface area contributed by atoms with Gasteiger partial charge in [0.15, 0.2) is 0 Å². The van der Waals surface area contributed by atoms with Gasteiger partial charge in [-0.3, -0.25) is 9.67 Å². The summed E-state index contributed by atoms with van der Waals surface area (Å²) in [5, 5.41) is 4.37. The zero-order valence-electron chi connectivity index (χ0n) is 10.6. The van der Waals surface area contributed by atoms with E-state index in [0.29, 0.717) is 12.1 Å². The standard InChI is InChI=1S/C13H17FN4/c1-3-10-6-11(18(2)17-10)7-12(15)13-5-4-9(14)8-16-13/h4-6,8,12H,3,7,15H2,1-2H3. The highest BCUT2D eigenvalue weighted by molar-refractivity contribution is 5.16. The SMILES string of the molecule is CCc1cc(CC(N)c2ccc(F)cn2)n(C)n1. The minimum absolute atomic E-state index is 0.245. The number of aromatic nitrogens is 3. The molecule has 0 aromatic carbocycles. The highest BCUT2D eigenvalue weighted by Crippen LogP contribution is 2.15. The molecule has 2 heterocycles. The van der Waals surface area contributed by atoms with E-state index in [9.17, 15) is 4.39 Å². The normalized spacial score (nSPS) is 12.7. The van der Waals surface area contributed by atoms with Crippen LogP contribution >= 0.6 is 0 Å². The minimum Gasteiger partial charge on any atom is -0.322 e. The summed E-state index contributed by atoms with van der Waals surface area (Å²) in [6.07, 6.45) is 2.73. The first kappa shape index (κ1) is 12.7. The largest absolute Gasteiger partial charge is 0.322 e. The molecule has 0 amide bonds. The Balaban J connectivity index is 2.13. The van der Waals surface area contributed by atoms with E-state index in [0.717, 1.165) is 17.8 Å². The average Bonchev–Trinajstić information content (AvgIpc) is 2.71. The lowest BCUT2D eigenvalue weighted by Gasteiger charge is -2.10. The second-order valence-corrected chi connectivity index (χ2v) is 4.32. The fraction of sp³-hybridized carbons (Fsp3) is 0.385. The zero-order chi connectivity index (χ0) is 13.1. The number of rotatable bonds is 4. The Morgan fingerprint density at radius 3 is 2.78 bits per heavy atom. The van der Waals surface area contributed by atoms with Crippen molar-refractivity contribution in [3.63, 3.8) is 0 Å². The summed E-state index contributed by atoms with van der Waals surface area (Å²) < 4.78 is 14.6. The quantitative estimate of drug-likeness (QED) is 0.897. The third-order valence-corrected chi connectivity index (χ3v) is 2.95. The molecule has 0 aliphatic rings. The van der Waals surface area contributed by atoms with Crippen LogP contribution in [0.3, 0.4) is 0 Å². The number of nitrogens with zero attached hydrogens (tertiary/aromatic N) is 3. The van der Waals surface area contributed by atoms with Crippen LogP contribution in [-0.4, -0.2) is 14.8 Å². The van der Waals surface area contributed by atoms with E-state index in [1.165, 1.54) is 12.3 Å². The third kappa shape index (κ3) is 2.73. The molecule has 1 atom stereocenters. The molecule has 2 rings (SSSR count). The summed E-state index contributed by atoms with van der Waals surface area (Å²) in [6, 6.07) is 4.80. The van der Waals surface area contributed by atoms with Crippen LogP contribution in [0.25, 0.3) is 0 Å². The summed E-state index contributed by atoms with van der Waals surface area (Å²) in [4.78, 5) is 4.00. The molecular weight excluding hydrogens is 231 g/mol. The van der Waals surface area contributed by atoms with Crippen LogP contribution in [0, 0.1) is 5.82 Å². The van der Waals surface area contributed by atoms with E-state index in [4.69, 9.17) is 5.73 Å². The third-order valence-electron chi connectivity index (χ3n) is 2.95. The highest BCUT2D eigenvalue weighted by Gasteiger charge is 2.12. The number of hydrogen-bond acceptors (Lipinski definition) is 3. The first-order valence-corrected chi connectivity index (χ1v) is 5.99. The smallest absolute Gasteiger partial charge is 0.141 e. The first-order chi connectivity index (χ1) is 8.60. The molecule has 4 nitrogen and oxygen atoms in total. The van der Waals surface area contributed by atoms with Crippen LogP contribution in [0.4, 0.5) is 4.39 Å². The van der Waals surface area contributed by atoms with E-state index in [2.05, 4.69) is 17.0 Å². The van der Waals surface area contributed by atoms with Crippen LogP contribution in [0.15, 0.2) is 24.4 Å². The van der Waals surface area contributed by atoms with Crippen molar-refractivity contribution < 1.29 is 4.39 Å². The summed E-state index contributed by atoms with van der Waals surface area (Å²) in [5.41, 5.74) is 8.87. The molecule has 2 aromatic rings. The predicted molar refractivity (Wildman–Crippen MR) is 67.4 cm³/mol. The molecule has 96 valence electrons. The maximum Gasteiger partial charge on any atom is 0.141 e. The van der Waals surface area contributed by atoms with Crippen molar-refractivity contribution in [2.45, 2.75) is 25.8 Å². The Labute approximate surface area is 106 Å². The lowest BCUT2D eigenvalue weighted by atomic mass is 10.1. The monoisotopic (exact) mass is 248 g/mol. The molecule has 2 aromatic heterocycles. The van der Waals surface area contributed by atoms with Crippen molar-refractivity contribution in [1.82, 2.24) is 14.8 Å². The molecule has 0 fully saturated rings. The maximum atomic E-state index is 12.8. The molecule has 0 aliphatic heterocycles. The second-order valence-electron chi connectivity index (χ2n) is 4.32. The molecule has 5 heteroatoms. The molecule has 18 heavy (non-hydrogen) atoms. The van der Waals surface area contributed by atoms with Gasteiger partial charge < -0.3 is 5.73 Å². The van der Waals surface area contributed by atoms with Crippen molar-refractivity contribution in [3.05, 3.63) is 47.3 Å². The van der Waals surface area contributed by atoms with Crippen molar-refractivity contribution in [2.24, 2.45) is 12.8 Å². The van der Waals surface area contributed by atoms with Crippen LogP contribution in [0.5, 0.6) is 0 Å². The van der Waals surface area contributed by atoms with Gasteiger partial charge in [0.2, 0.25) is 0 Å². The Hall–Kier alpha value is -1.75.